The third-order valence-corrected chi connectivity index (χ3v) is 2.95. The number of H-pyrrole nitrogens is 1. The highest BCUT2D eigenvalue weighted by atomic mass is 35.5. The summed E-state index contributed by atoms with van der Waals surface area (Å²) in [6.07, 6.45) is 4.62. The summed E-state index contributed by atoms with van der Waals surface area (Å²) in [6, 6.07) is 8.30. The van der Waals surface area contributed by atoms with Crippen molar-refractivity contribution < 1.29 is 4.79 Å². The minimum absolute atomic E-state index is 0.161. The standard InChI is InChI=1S/C15H12ClNO2/c1-10-8-13(16)5-2-11(10)3-6-14(18)12-4-7-15(19)17-9-12/h2-9H,1H3,(H,17,19)/b6-3+. The first kappa shape index (κ1) is 13.3. The summed E-state index contributed by atoms with van der Waals surface area (Å²) in [6.45, 7) is 1.93. The molecule has 0 aliphatic heterocycles. The predicted molar refractivity (Wildman–Crippen MR) is 76.6 cm³/mol. The van der Waals surface area contributed by atoms with Gasteiger partial charge in [-0.3, -0.25) is 9.59 Å². The van der Waals surface area contributed by atoms with Crippen molar-refractivity contribution in [2.75, 3.05) is 0 Å². The molecule has 0 fully saturated rings. The van der Waals surface area contributed by atoms with Crippen LogP contribution < -0.4 is 5.56 Å². The largest absolute Gasteiger partial charge is 0.328 e. The molecule has 19 heavy (non-hydrogen) atoms. The second kappa shape index (κ2) is 5.67. The molecule has 0 unspecified atom stereocenters. The molecule has 4 heteroatoms. The first-order chi connectivity index (χ1) is 9.06. The van der Waals surface area contributed by atoms with Crippen LogP contribution in [0, 0.1) is 6.92 Å². The summed E-state index contributed by atoms with van der Waals surface area (Å²) in [5, 5.41) is 0.668. The van der Waals surface area contributed by atoms with Crippen LogP contribution in [0.15, 0.2) is 47.4 Å². The number of carbonyl (C=O) groups is 1. The molecule has 0 amide bonds. The van der Waals surface area contributed by atoms with Crippen LogP contribution in [0.3, 0.4) is 0 Å². The Hall–Kier alpha value is -2.13. The number of carbonyl (C=O) groups excluding carboxylic acids is 1. The number of hydrogen-bond acceptors (Lipinski definition) is 2. The monoisotopic (exact) mass is 273 g/mol. The van der Waals surface area contributed by atoms with Gasteiger partial charge in [0.25, 0.3) is 0 Å². The molecule has 3 nitrogen and oxygen atoms in total. The Kier molecular flexibility index (Phi) is 3.97. The van der Waals surface area contributed by atoms with Crippen LogP contribution in [0.25, 0.3) is 6.08 Å². The van der Waals surface area contributed by atoms with Crippen LogP contribution >= 0.6 is 11.6 Å². The van der Waals surface area contributed by atoms with Gasteiger partial charge in [-0.2, -0.15) is 0 Å². The minimum Gasteiger partial charge on any atom is -0.328 e. The van der Waals surface area contributed by atoms with E-state index in [9.17, 15) is 9.59 Å². The Morgan fingerprint density at radius 2 is 2.05 bits per heavy atom. The van der Waals surface area contributed by atoms with Crippen molar-refractivity contribution in [3.8, 4) is 0 Å². The van der Waals surface area contributed by atoms with Gasteiger partial charge < -0.3 is 4.98 Å². The van der Waals surface area contributed by atoms with E-state index in [1.54, 1.807) is 12.1 Å². The molecule has 2 rings (SSSR count). The van der Waals surface area contributed by atoms with E-state index in [4.69, 9.17) is 11.6 Å². The number of pyridine rings is 1. The fourth-order valence-electron chi connectivity index (χ4n) is 1.65. The maximum atomic E-state index is 11.9. The highest BCUT2D eigenvalue weighted by Crippen LogP contribution is 2.16. The highest BCUT2D eigenvalue weighted by Gasteiger charge is 2.02. The molecule has 0 saturated carbocycles. The molecular weight excluding hydrogens is 262 g/mol. The van der Waals surface area contributed by atoms with Crippen molar-refractivity contribution in [1.82, 2.24) is 4.98 Å². The third kappa shape index (κ3) is 3.42. The average Bonchev–Trinajstić information content (AvgIpc) is 2.38. The van der Waals surface area contributed by atoms with E-state index < -0.39 is 0 Å². The van der Waals surface area contributed by atoms with Gasteiger partial charge in [0.15, 0.2) is 5.78 Å². The number of aromatic nitrogens is 1. The number of benzene rings is 1. The molecule has 0 aliphatic carbocycles. The van der Waals surface area contributed by atoms with Gasteiger partial charge in [-0.15, -0.1) is 0 Å². The SMILES string of the molecule is Cc1cc(Cl)ccc1/C=C/C(=O)c1ccc(=O)[nH]c1. The van der Waals surface area contributed by atoms with Crippen LogP contribution in [-0.2, 0) is 0 Å². The van der Waals surface area contributed by atoms with Gasteiger partial charge in [0.05, 0.1) is 0 Å². The summed E-state index contributed by atoms with van der Waals surface area (Å²) in [7, 11) is 0. The quantitative estimate of drug-likeness (QED) is 0.689. The molecule has 0 bridgehead atoms. The second-order valence-electron chi connectivity index (χ2n) is 4.14. The molecule has 0 spiro atoms. The molecule has 1 heterocycles. The van der Waals surface area contributed by atoms with Gasteiger partial charge in [0.1, 0.15) is 0 Å². The van der Waals surface area contributed by atoms with E-state index in [2.05, 4.69) is 4.98 Å². The number of allylic oxidation sites excluding steroid dienone is 1. The van der Waals surface area contributed by atoms with E-state index >= 15 is 0 Å². The lowest BCUT2D eigenvalue weighted by Gasteiger charge is -2.00. The lowest BCUT2D eigenvalue weighted by molar-refractivity contribution is 0.104. The summed E-state index contributed by atoms with van der Waals surface area (Å²) in [5.74, 6) is -0.161. The van der Waals surface area contributed by atoms with Crippen molar-refractivity contribution >= 4 is 23.5 Å². The van der Waals surface area contributed by atoms with Gasteiger partial charge in [0, 0.05) is 22.8 Å². The lowest BCUT2D eigenvalue weighted by atomic mass is 10.1. The molecular formula is C15H12ClNO2. The highest BCUT2D eigenvalue weighted by molar-refractivity contribution is 6.30. The van der Waals surface area contributed by atoms with Gasteiger partial charge in [0.2, 0.25) is 5.56 Å². The number of rotatable bonds is 3. The molecule has 0 atom stereocenters. The molecule has 1 aromatic carbocycles. The molecule has 0 saturated heterocycles. The van der Waals surface area contributed by atoms with Gasteiger partial charge in [-0.25, -0.2) is 0 Å². The Balaban J connectivity index is 2.20. The summed E-state index contributed by atoms with van der Waals surface area (Å²) < 4.78 is 0. The fourth-order valence-corrected chi connectivity index (χ4v) is 1.88. The average molecular weight is 274 g/mol. The topological polar surface area (TPSA) is 49.9 Å². The van der Waals surface area contributed by atoms with Crippen molar-refractivity contribution in [2.45, 2.75) is 6.92 Å². The predicted octanol–water partition coefficient (Wildman–Crippen LogP) is 3.23. The van der Waals surface area contributed by atoms with Crippen LogP contribution in [0.5, 0.6) is 0 Å². The maximum Gasteiger partial charge on any atom is 0.247 e. The molecule has 0 aliphatic rings. The minimum atomic E-state index is -0.228. The lowest BCUT2D eigenvalue weighted by Crippen LogP contribution is -2.05. The number of hydrogen-bond donors (Lipinski definition) is 1. The molecule has 96 valence electrons. The van der Waals surface area contributed by atoms with Crippen LogP contribution in [-0.4, -0.2) is 10.8 Å². The smallest absolute Gasteiger partial charge is 0.247 e. The Bertz CT molecular complexity index is 681. The molecule has 2 aromatic rings. The maximum absolute atomic E-state index is 11.9. The van der Waals surface area contributed by atoms with Crippen molar-refractivity contribution in [3.63, 3.8) is 0 Å². The van der Waals surface area contributed by atoms with Gasteiger partial charge in [-0.05, 0) is 42.3 Å². The Morgan fingerprint density at radius 3 is 2.68 bits per heavy atom. The van der Waals surface area contributed by atoms with E-state index in [0.29, 0.717) is 10.6 Å². The molecule has 1 N–H and O–H groups in total. The Labute approximate surface area is 115 Å². The number of aromatic amines is 1. The molecule has 1 aromatic heterocycles. The summed E-state index contributed by atoms with van der Waals surface area (Å²) >= 11 is 5.87. The fraction of sp³-hybridized carbons (Fsp3) is 0.0667. The molecule has 0 radical (unpaired) electrons. The number of halogens is 1. The van der Waals surface area contributed by atoms with E-state index in [0.717, 1.165) is 11.1 Å². The van der Waals surface area contributed by atoms with Crippen LogP contribution in [0.1, 0.15) is 21.5 Å². The number of ketones is 1. The second-order valence-corrected chi connectivity index (χ2v) is 4.58. The zero-order valence-electron chi connectivity index (χ0n) is 10.3. The summed E-state index contributed by atoms with van der Waals surface area (Å²) in [5.41, 5.74) is 2.15. The number of aryl methyl sites for hydroxylation is 1. The normalized spacial score (nSPS) is 10.8. The van der Waals surface area contributed by atoms with Crippen LogP contribution in [0.2, 0.25) is 5.02 Å². The van der Waals surface area contributed by atoms with Crippen molar-refractivity contribution in [3.05, 3.63) is 74.7 Å². The first-order valence-corrected chi connectivity index (χ1v) is 6.11. The third-order valence-electron chi connectivity index (χ3n) is 2.71. The zero-order valence-corrected chi connectivity index (χ0v) is 11.1. The van der Waals surface area contributed by atoms with E-state index in [1.165, 1.54) is 24.4 Å². The van der Waals surface area contributed by atoms with E-state index in [1.807, 2.05) is 19.1 Å². The Morgan fingerprint density at radius 1 is 1.26 bits per heavy atom. The van der Waals surface area contributed by atoms with Crippen molar-refractivity contribution in [1.29, 1.82) is 0 Å². The van der Waals surface area contributed by atoms with E-state index in [-0.39, 0.29) is 11.3 Å². The van der Waals surface area contributed by atoms with Gasteiger partial charge >= 0.3 is 0 Å². The van der Waals surface area contributed by atoms with Gasteiger partial charge in [-0.1, -0.05) is 23.7 Å². The zero-order chi connectivity index (χ0) is 13.8. The summed E-state index contributed by atoms with van der Waals surface area (Å²) in [4.78, 5) is 25.2. The first-order valence-electron chi connectivity index (χ1n) is 5.73. The van der Waals surface area contributed by atoms with Crippen molar-refractivity contribution in [2.24, 2.45) is 0 Å². The van der Waals surface area contributed by atoms with Crippen LogP contribution in [0.4, 0.5) is 0 Å². The number of nitrogens with one attached hydrogen (secondary N) is 1.